The fourth-order valence-corrected chi connectivity index (χ4v) is 1.68. The summed E-state index contributed by atoms with van der Waals surface area (Å²) in [6, 6.07) is 6.39. The van der Waals surface area contributed by atoms with Crippen LogP contribution in [0.1, 0.15) is 29.5 Å². The molecule has 2 heteroatoms. The summed E-state index contributed by atoms with van der Waals surface area (Å²) in [5, 5.41) is -0.241. The van der Waals surface area contributed by atoms with E-state index in [2.05, 4.69) is 32.0 Å². The number of benzene rings is 1. The molecule has 0 N–H and O–H groups in total. The van der Waals surface area contributed by atoms with E-state index in [9.17, 15) is 4.79 Å². The third-order valence-corrected chi connectivity index (χ3v) is 2.51. The minimum atomic E-state index is -0.241. The standard InChI is InChI=1S/C12H15ClO/c1-9-6-7-11(10(2)8-9)4-3-5-12(13)14/h6-8H,3-5H2,1-2H3. The van der Waals surface area contributed by atoms with Gasteiger partial charge in [0, 0.05) is 6.42 Å². The lowest BCUT2D eigenvalue weighted by molar-refractivity contribution is -0.111. The van der Waals surface area contributed by atoms with Gasteiger partial charge in [0.15, 0.2) is 0 Å². The molecular weight excluding hydrogens is 196 g/mol. The van der Waals surface area contributed by atoms with Crippen LogP contribution in [-0.4, -0.2) is 5.24 Å². The predicted octanol–water partition coefficient (Wildman–Crippen LogP) is 3.39. The number of aryl methyl sites for hydroxylation is 3. The highest BCUT2D eigenvalue weighted by Crippen LogP contribution is 2.13. The Balaban J connectivity index is 2.55. The zero-order valence-corrected chi connectivity index (χ0v) is 9.40. The molecule has 0 spiro atoms. The SMILES string of the molecule is Cc1ccc(CCCC(=O)Cl)c(C)c1. The van der Waals surface area contributed by atoms with Crippen LogP contribution in [0.4, 0.5) is 0 Å². The van der Waals surface area contributed by atoms with E-state index in [0.717, 1.165) is 12.8 Å². The van der Waals surface area contributed by atoms with Gasteiger partial charge in [-0.1, -0.05) is 23.8 Å². The molecule has 0 atom stereocenters. The van der Waals surface area contributed by atoms with E-state index in [1.165, 1.54) is 16.7 Å². The number of hydrogen-bond donors (Lipinski definition) is 0. The number of hydrogen-bond acceptors (Lipinski definition) is 1. The lowest BCUT2D eigenvalue weighted by Crippen LogP contribution is -1.93. The molecule has 0 unspecified atom stereocenters. The Labute approximate surface area is 90.1 Å². The lowest BCUT2D eigenvalue weighted by atomic mass is 10.0. The third-order valence-electron chi connectivity index (χ3n) is 2.32. The Hall–Kier alpha value is -0.820. The molecule has 0 bridgehead atoms. The van der Waals surface area contributed by atoms with Crippen molar-refractivity contribution >= 4 is 16.8 Å². The summed E-state index contributed by atoms with van der Waals surface area (Å²) in [4.78, 5) is 10.5. The van der Waals surface area contributed by atoms with Gasteiger partial charge in [0.05, 0.1) is 0 Å². The van der Waals surface area contributed by atoms with Crippen LogP contribution in [0.25, 0.3) is 0 Å². The van der Waals surface area contributed by atoms with E-state index in [4.69, 9.17) is 11.6 Å². The molecule has 1 nitrogen and oxygen atoms in total. The smallest absolute Gasteiger partial charge is 0.221 e. The molecule has 0 saturated heterocycles. The summed E-state index contributed by atoms with van der Waals surface area (Å²) in [6.07, 6.45) is 2.24. The molecule has 0 aromatic heterocycles. The number of carbonyl (C=O) groups is 1. The quantitative estimate of drug-likeness (QED) is 0.697. The molecule has 1 rings (SSSR count). The molecule has 1 aromatic carbocycles. The third kappa shape index (κ3) is 3.51. The van der Waals surface area contributed by atoms with Gasteiger partial charge >= 0.3 is 0 Å². The first kappa shape index (κ1) is 11.3. The van der Waals surface area contributed by atoms with Gasteiger partial charge in [-0.25, -0.2) is 0 Å². The zero-order chi connectivity index (χ0) is 10.6. The first-order valence-corrected chi connectivity index (χ1v) is 5.22. The molecular formula is C12H15ClO. The number of carbonyl (C=O) groups excluding carboxylic acids is 1. The van der Waals surface area contributed by atoms with Crippen LogP contribution in [0.3, 0.4) is 0 Å². The van der Waals surface area contributed by atoms with Crippen molar-refractivity contribution in [3.8, 4) is 0 Å². The Morgan fingerprint density at radius 3 is 2.64 bits per heavy atom. The molecule has 0 heterocycles. The molecule has 1 aromatic rings. The predicted molar refractivity (Wildman–Crippen MR) is 59.7 cm³/mol. The van der Waals surface area contributed by atoms with Crippen molar-refractivity contribution in [3.63, 3.8) is 0 Å². The fourth-order valence-electron chi connectivity index (χ4n) is 1.54. The molecule has 0 saturated carbocycles. The van der Waals surface area contributed by atoms with Crippen molar-refractivity contribution in [2.45, 2.75) is 33.1 Å². The van der Waals surface area contributed by atoms with Crippen molar-refractivity contribution < 1.29 is 4.79 Å². The van der Waals surface area contributed by atoms with Gasteiger partial charge in [-0.05, 0) is 49.4 Å². The van der Waals surface area contributed by atoms with Crippen molar-refractivity contribution in [2.75, 3.05) is 0 Å². The minimum Gasteiger partial charge on any atom is -0.281 e. The van der Waals surface area contributed by atoms with Crippen LogP contribution in [0.5, 0.6) is 0 Å². The summed E-state index contributed by atoms with van der Waals surface area (Å²) in [5.74, 6) is 0. The first-order chi connectivity index (χ1) is 6.59. The summed E-state index contributed by atoms with van der Waals surface area (Å²) in [6.45, 7) is 4.18. The Kier molecular flexibility index (Phi) is 4.15. The maximum Gasteiger partial charge on any atom is 0.221 e. The van der Waals surface area contributed by atoms with Crippen molar-refractivity contribution in [3.05, 3.63) is 34.9 Å². The Morgan fingerprint density at radius 1 is 1.36 bits per heavy atom. The van der Waals surface area contributed by atoms with Gasteiger partial charge < -0.3 is 0 Å². The van der Waals surface area contributed by atoms with Gasteiger partial charge in [-0.15, -0.1) is 0 Å². The van der Waals surface area contributed by atoms with Crippen LogP contribution in [-0.2, 0) is 11.2 Å². The second-order valence-electron chi connectivity index (χ2n) is 3.64. The van der Waals surface area contributed by atoms with Crippen LogP contribution < -0.4 is 0 Å². The maximum atomic E-state index is 10.5. The average Bonchev–Trinajstić information content (AvgIpc) is 2.08. The van der Waals surface area contributed by atoms with Gasteiger partial charge in [-0.3, -0.25) is 4.79 Å². The Morgan fingerprint density at radius 2 is 2.07 bits per heavy atom. The van der Waals surface area contributed by atoms with Crippen molar-refractivity contribution in [2.24, 2.45) is 0 Å². The zero-order valence-electron chi connectivity index (χ0n) is 8.64. The molecule has 76 valence electrons. The van der Waals surface area contributed by atoms with Crippen LogP contribution >= 0.6 is 11.6 Å². The first-order valence-electron chi connectivity index (χ1n) is 4.84. The van der Waals surface area contributed by atoms with E-state index in [0.29, 0.717) is 6.42 Å². The molecule has 0 amide bonds. The highest BCUT2D eigenvalue weighted by molar-refractivity contribution is 6.63. The second-order valence-corrected chi connectivity index (χ2v) is 4.06. The summed E-state index contributed by atoms with van der Waals surface area (Å²) < 4.78 is 0. The van der Waals surface area contributed by atoms with Crippen LogP contribution in [0.2, 0.25) is 0 Å². The largest absolute Gasteiger partial charge is 0.281 e. The summed E-state index contributed by atoms with van der Waals surface area (Å²) >= 11 is 5.27. The van der Waals surface area contributed by atoms with E-state index in [1.807, 2.05) is 0 Å². The minimum absolute atomic E-state index is 0.241. The average molecular weight is 211 g/mol. The lowest BCUT2D eigenvalue weighted by Gasteiger charge is -2.05. The van der Waals surface area contributed by atoms with E-state index < -0.39 is 0 Å². The number of halogens is 1. The highest BCUT2D eigenvalue weighted by atomic mass is 35.5. The van der Waals surface area contributed by atoms with Crippen LogP contribution in [0, 0.1) is 13.8 Å². The molecule has 0 radical (unpaired) electrons. The maximum absolute atomic E-state index is 10.5. The monoisotopic (exact) mass is 210 g/mol. The van der Waals surface area contributed by atoms with E-state index in [1.54, 1.807) is 0 Å². The van der Waals surface area contributed by atoms with Gasteiger partial charge in [0.2, 0.25) is 5.24 Å². The fraction of sp³-hybridized carbons (Fsp3) is 0.417. The van der Waals surface area contributed by atoms with Gasteiger partial charge in [0.1, 0.15) is 0 Å². The van der Waals surface area contributed by atoms with Gasteiger partial charge in [-0.2, -0.15) is 0 Å². The highest BCUT2D eigenvalue weighted by Gasteiger charge is 2.00. The van der Waals surface area contributed by atoms with Gasteiger partial charge in [0.25, 0.3) is 0 Å². The van der Waals surface area contributed by atoms with Crippen LogP contribution in [0.15, 0.2) is 18.2 Å². The topological polar surface area (TPSA) is 17.1 Å². The van der Waals surface area contributed by atoms with Crippen molar-refractivity contribution in [1.82, 2.24) is 0 Å². The summed E-state index contributed by atoms with van der Waals surface area (Å²) in [7, 11) is 0. The molecule has 14 heavy (non-hydrogen) atoms. The molecule has 0 aliphatic rings. The molecule has 0 aliphatic heterocycles. The molecule has 0 aliphatic carbocycles. The normalized spacial score (nSPS) is 10.2. The van der Waals surface area contributed by atoms with E-state index in [-0.39, 0.29) is 5.24 Å². The van der Waals surface area contributed by atoms with E-state index >= 15 is 0 Å². The summed E-state index contributed by atoms with van der Waals surface area (Å²) in [5.41, 5.74) is 3.89. The molecule has 0 fully saturated rings. The number of rotatable bonds is 4. The van der Waals surface area contributed by atoms with Crippen molar-refractivity contribution in [1.29, 1.82) is 0 Å². The second kappa shape index (κ2) is 5.16. The Bertz CT molecular complexity index is 331.